The molecule has 0 heterocycles. The van der Waals surface area contributed by atoms with E-state index in [-0.39, 0.29) is 32.3 Å². The van der Waals surface area contributed by atoms with Gasteiger partial charge < -0.3 is 20.1 Å². The zero-order valence-electron chi connectivity index (χ0n) is 28.7. The molecule has 0 aromatic carbocycles. The van der Waals surface area contributed by atoms with Gasteiger partial charge in [-0.15, -0.1) is 0 Å². The van der Waals surface area contributed by atoms with E-state index in [1.807, 2.05) is 0 Å². The van der Waals surface area contributed by atoms with Crippen LogP contribution in [-0.4, -0.2) is 49.9 Å². The molecule has 0 radical (unpaired) electrons. The summed E-state index contributed by atoms with van der Waals surface area (Å²) in [4.78, 5) is 22.3. The third kappa shape index (κ3) is 32.6. The lowest BCUT2D eigenvalue weighted by molar-refractivity contribution is -0.154. The standard InChI is InChI=1S/C35H70NO7P/c1-3-5-7-9-11-13-15-17-18-20-22-24-26-28-35(37)43-34(33-42-44(38,39)41-31-29-36)32-40-30-27-25-23-21-19-16-14-12-10-8-6-4-2/h13,15,34H,3-12,14,16-33,36H2,1-2H3,(H,38,39)/b15-13-. The number of unbranched alkanes of at least 4 members (excludes halogenated alkanes) is 20. The summed E-state index contributed by atoms with van der Waals surface area (Å²) in [5, 5.41) is 0. The van der Waals surface area contributed by atoms with Crippen LogP contribution in [0.25, 0.3) is 0 Å². The normalized spacial score (nSPS) is 13.8. The molecule has 0 aromatic rings. The number of ether oxygens (including phenoxy) is 2. The van der Waals surface area contributed by atoms with Crippen molar-refractivity contribution in [1.82, 2.24) is 0 Å². The zero-order chi connectivity index (χ0) is 32.4. The first-order chi connectivity index (χ1) is 21.4. The number of rotatable bonds is 35. The van der Waals surface area contributed by atoms with Crippen molar-refractivity contribution in [2.24, 2.45) is 5.73 Å². The van der Waals surface area contributed by atoms with E-state index in [1.54, 1.807) is 0 Å². The molecule has 0 spiro atoms. The fraction of sp³-hybridized carbons (Fsp3) is 0.914. The van der Waals surface area contributed by atoms with Crippen molar-refractivity contribution in [2.45, 2.75) is 174 Å². The Morgan fingerprint density at radius 2 is 1.14 bits per heavy atom. The molecule has 44 heavy (non-hydrogen) atoms. The molecule has 0 aliphatic rings. The maximum atomic E-state index is 12.5. The largest absolute Gasteiger partial charge is 0.472 e. The Bertz CT molecular complexity index is 692. The summed E-state index contributed by atoms with van der Waals surface area (Å²) in [6.45, 7) is 4.90. The van der Waals surface area contributed by atoms with Crippen molar-refractivity contribution < 1.29 is 32.8 Å². The highest BCUT2D eigenvalue weighted by atomic mass is 31.2. The SMILES string of the molecule is CCCCCC/C=C\CCCCCCCC(=O)OC(COCCCCCCCCCCCCCC)COP(=O)(O)OCCN. The van der Waals surface area contributed by atoms with Gasteiger partial charge in [-0.25, -0.2) is 4.57 Å². The number of hydrogen-bond donors (Lipinski definition) is 2. The summed E-state index contributed by atoms with van der Waals surface area (Å²) < 4.78 is 33.2. The number of carbonyl (C=O) groups is 1. The number of nitrogens with two attached hydrogens (primary N) is 1. The van der Waals surface area contributed by atoms with Gasteiger partial charge >= 0.3 is 13.8 Å². The fourth-order valence-electron chi connectivity index (χ4n) is 4.99. The Balaban J connectivity index is 4.11. The zero-order valence-corrected chi connectivity index (χ0v) is 29.6. The van der Waals surface area contributed by atoms with E-state index in [0.29, 0.717) is 13.0 Å². The molecule has 0 amide bonds. The summed E-state index contributed by atoms with van der Waals surface area (Å²) in [6.07, 6.45) is 32.1. The van der Waals surface area contributed by atoms with Crippen LogP contribution in [-0.2, 0) is 27.9 Å². The smallest absolute Gasteiger partial charge is 0.457 e. The number of esters is 1. The van der Waals surface area contributed by atoms with E-state index < -0.39 is 13.9 Å². The number of hydrogen-bond acceptors (Lipinski definition) is 7. The molecule has 0 saturated carbocycles. The second kappa shape index (κ2) is 33.6. The Morgan fingerprint density at radius 3 is 1.68 bits per heavy atom. The van der Waals surface area contributed by atoms with Gasteiger partial charge in [-0.3, -0.25) is 13.8 Å². The van der Waals surface area contributed by atoms with Gasteiger partial charge in [0.2, 0.25) is 0 Å². The van der Waals surface area contributed by atoms with Crippen LogP contribution in [0.2, 0.25) is 0 Å². The monoisotopic (exact) mass is 647 g/mol. The lowest BCUT2D eigenvalue weighted by atomic mass is 10.1. The molecule has 262 valence electrons. The van der Waals surface area contributed by atoms with Gasteiger partial charge in [0.25, 0.3) is 0 Å². The van der Waals surface area contributed by atoms with Gasteiger partial charge in [0.05, 0.1) is 19.8 Å². The number of phosphoric ester groups is 1. The maximum absolute atomic E-state index is 12.5. The minimum atomic E-state index is -4.26. The van der Waals surface area contributed by atoms with Crippen LogP contribution < -0.4 is 5.73 Å². The molecule has 0 aromatic heterocycles. The summed E-state index contributed by atoms with van der Waals surface area (Å²) in [6, 6.07) is 0. The van der Waals surface area contributed by atoms with Gasteiger partial charge in [0.1, 0.15) is 6.10 Å². The molecule has 2 unspecified atom stereocenters. The number of allylic oxidation sites excluding steroid dienone is 2. The van der Waals surface area contributed by atoms with Gasteiger partial charge in [0, 0.05) is 19.6 Å². The molecule has 2 atom stereocenters. The molecule has 0 rings (SSSR count). The highest BCUT2D eigenvalue weighted by Gasteiger charge is 2.25. The topological polar surface area (TPSA) is 117 Å². The first kappa shape index (κ1) is 43.2. The first-order valence-electron chi connectivity index (χ1n) is 18.2. The van der Waals surface area contributed by atoms with E-state index in [9.17, 15) is 14.3 Å². The van der Waals surface area contributed by atoms with Crippen molar-refractivity contribution in [1.29, 1.82) is 0 Å². The quantitative estimate of drug-likeness (QED) is 0.0302. The van der Waals surface area contributed by atoms with Crippen LogP contribution in [0.4, 0.5) is 0 Å². The second-order valence-electron chi connectivity index (χ2n) is 12.1. The van der Waals surface area contributed by atoms with Crippen LogP contribution in [0.5, 0.6) is 0 Å². The summed E-state index contributed by atoms with van der Waals surface area (Å²) >= 11 is 0. The predicted octanol–water partition coefficient (Wildman–Crippen LogP) is 9.97. The van der Waals surface area contributed by atoms with Crippen molar-refractivity contribution in [3.05, 3.63) is 12.2 Å². The lowest BCUT2D eigenvalue weighted by Crippen LogP contribution is -2.28. The van der Waals surface area contributed by atoms with E-state index in [2.05, 4.69) is 26.0 Å². The van der Waals surface area contributed by atoms with Crippen molar-refractivity contribution >= 4 is 13.8 Å². The van der Waals surface area contributed by atoms with E-state index in [0.717, 1.165) is 44.9 Å². The molecule has 0 fully saturated rings. The number of carbonyl (C=O) groups excluding carboxylic acids is 1. The van der Waals surface area contributed by atoms with Crippen molar-refractivity contribution in [3.8, 4) is 0 Å². The van der Waals surface area contributed by atoms with Gasteiger partial charge in [-0.2, -0.15) is 0 Å². The van der Waals surface area contributed by atoms with E-state index in [1.165, 1.54) is 103 Å². The van der Waals surface area contributed by atoms with Gasteiger partial charge in [0.15, 0.2) is 0 Å². The summed E-state index contributed by atoms with van der Waals surface area (Å²) in [5.74, 6) is -0.339. The van der Waals surface area contributed by atoms with E-state index >= 15 is 0 Å². The Hall–Kier alpha value is -0.760. The maximum Gasteiger partial charge on any atom is 0.472 e. The van der Waals surface area contributed by atoms with Gasteiger partial charge in [-0.1, -0.05) is 135 Å². The van der Waals surface area contributed by atoms with Crippen LogP contribution >= 0.6 is 7.82 Å². The third-order valence-electron chi connectivity index (χ3n) is 7.68. The Morgan fingerprint density at radius 1 is 0.659 bits per heavy atom. The minimum absolute atomic E-state index is 0.0942. The first-order valence-corrected chi connectivity index (χ1v) is 19.7. The summed E-state index contributed by atoms with van der Waals surface area (Å²) in [7, 11) is -4.26. The molecule has 8 nitrogen and oxygen atoms in total. The second-order valence-corrected chi connectivity index (χ2v) is 13.5. The van der Waals surface area contributed by atoms with E-state index in [4.69, 9.17) is 24.3 Å². The molecule has 9 heteroatoms. The van der Waals surface area contributed by atoms with Crippen LogP contribution in [0.15, 0.2) is 12.2 Å². The lowest BCUT2D eigenvalue weighted by Gasteiger charge is -2.20. The fourth-order valence-corrected chi connectivity index (χ4v) is 5.76. The molecular weight excluding hydrogens is 577 g/mol. The van der Waals surface area contributed by atoms with Crippen LogP contribution in [0, 0.1) is 0 Å². The highest BCUT2D eigenvalue weighted by molar-refractivity contribution is 7.47. The molecule has 3 N–H and O–H groups in total. The summed E-state index contributed by atoms with van der Waals surface area (Å²) in [5.41, 5.74) is 5.34. The van der Waals surface area contributed by atoms with Crippen molar-refractivity contribution in [2.75, 3.05) is 33.0 Å². The average Bonchev–Trinajstić information content (AvgIpc) is 3.01. The molecule has 0 saturated heterocycles. The average molecular weight is 648 g/mol. The highest BCUT2D eigenvalue weighted by Crippen LogP contribution is 2.43. The van der Waals surface area contributed by atoms with Gasteiger partial charge in [-0.05, 0) is 38.5 Å². The molecule has 0 aliphatic carbocycles. The predicted molar refractivity (Wildman–Crippen MR) is 183 cm³/mol. The molecule has 0 aliphatic heterocycles. The minimum Gasteiger partial charge on any atom is -0.457 e. The van der Waals surface area contributed by atoms with Crippen molar-refractivity contribution in [3.63, 3.8) is 0 Å². The van der Waals surface area contributed by atoms with Crippen LogP contribution in [0.1, 0.15) is 168 Å². The molecular formula is C35H70NO7P. The molecule has 0 bridgehead atoms. The third-order valence-corrected chi connectivity index (χ3v) is 8.67. The Kier molecular flexibility index (Phi) is 33.0. The van der Waals surface area contributed by atoms with Crippen LogP contribution in [0.3, 0.4) is 0 Å². The number of phosphoric acid groups is 1. The Labute approximate surface area is 271 Å².